The highest BCUT2D eigenvalue weighted by atomic mass is 16.4. The summed E-state index contributed by atoms with van der Waals surface area (Å²) in [5.41, 5.74) is 2.16. The van der Waals surface area contributed by atoms with Crippen LogP contribution in [0.1, 0.15) is 36.2 Å². The third-order valence-corrected chi connectivity index (χ3v) is 4.09. The van der Waals surface area contributed by atoms with E-state index in [1.807, 2.05) is 32.0 Å². The molecule has 7 nitrogen and oxygen atoms in total. The molecule has 2 aromatic rings. The van der Waals surface area contributed by atoms with Crippen molar-refractivity contribution in [1.29, 1.82) is 0 Å². The van der Waals surface area contributed by atoms with Crippen LogP contribution >= 0.6 is 0 Å². The fourth-order valence-electron chi connectivity index (χ4n) is 2.64. The lowest BCUT2D eigenvalue weighted by molar-refractivity contribution is -0.139. The molecule has 0 fully saturated rings. The normalized spacial score (nSPS) is 11.6. The molecule has 0 aromatic heterocycles. The fourth-order valence-corrected chi connectivity index (χ4v) is 2.64. The molecule has 0 aliphatic carbocycles. The number of aryl methyl sites for hydroxylation is 1. The van der Waals surface area contributed by atoms with Crippen molar-refractivity contribution >= 4 is 29.3 Å². The summed E-state index contributed by atoms with van der Waals surface area (Å²) in [5.74, 6) is -1.45. The van der Waals surface area contributed by atoms with Gasteiger partial charge in [-0.3, -0.25) is 4.79 Å². The van der Waals surface area contributed by atoms with Crippen LogP contribution in [0.2, 0.25) is 0 Å². The van der Waals surface area contributed by atoms with E-state index < -0.39 is 23.9 Å². The minimum Gasteiger partial charge on any atom is -0.480 e. The predicted octanol–water partition coefficient (Wildman–Crippen LogP) is 3.87. The topological polar surface area (TPSA) is 108 Å². The van der Waals surface area contributed by atoms with Crippen LogP contribution in [0.4, 0.5) is 16.2 Å². The number of carbonyl (C=O) groups is 3. The molecule has 0 heterocycles. The molecule has 7 heteroatoms. The zero-order valence-corrected chi connectivity index (χ0v) is 16.2. The number of carbonyl (C=O) groups excluding carboxylic acids is 2. The molecule has 0 saturated heterocycles. The van der Waals surface area contributed by atoms with Gasteiger partial charge in [0.25, 0.3) is 5.91 Å². The smallest absolute Gasteiger partial charge is 0.326 e. The van der Waals surface area contributed by atoms with E-state index in [2.05, 4.69) is 16.0 Å². The maximum absolute atomic E-state index is 12.5. The zero-order chi connectivity index (χ0) is 20.7. The molecule has 0 saturated carbocycles. The summed E-state index contributed by atoms with van der Waals surface area (Å²) in [5, 5.41) is 17.3. The summed E-state index contributed by atoms with van der Waals surface area (Å²) in [6.45, 7) is 5.58. The molecule has 0 radical (unpaired) electrons. The Balaban J connectivity index is 2.10. The van der Waals surface area contributed by atoms with Crippen molar-refractivity contribution in [3.8, 4) is 0 Å². The second-order valence-electron chi connectivity index (χ2n) is 6.97. The van der Waals surface area contributed by atoms with Gasteiger partial charge in [-0.1, -0.05) is 38.1 Å². The Morgan fingerprint density at radius 2 is 1.68 bits per heavy atom. The van der Waals surface area contributed by atoms with Gasteiger partial charge >= 0.3 is 12.0 Å². The van der Waals surface area contributed by atoms with E-state index in [4.69, 9.17) is 0 Å². The third kappa shape index (κ3) is 6.12. The molecule has 2 rings (SSSR count). The van der Waals surface area contributed by atoms with Crippen LogP contribution in [-0.2, 0) is 4.79 Å². The quantitative estimate of drug-likeness (QED) is 0.582. The zero-order valence-electron chi connectivity index (χ0n) is 16.2. The van der Waals surface area contributed by atoms with Crippen LogP contribution in [0.3, 0.4) is 0 Å². The number of rotatable bonds is 7. The van der Waals surface area contributed by atoms with Crippen LogP contribution in [0.25, 0.3) is 0 Å². The molecule has 2 aromatic carbocycles. The number of hydrogen-bond donors (Lipinski definition) is 4. The van der Waals surface area contributed by atoms with Crippen molar-refractivity contribution in [2.75, 3.05) is 10.6 Å². The van der Waals surface area contributed by atoms with Crippen LogP contribution < -0.4 is 16.0 Å². The van der Waals surface area contributed by atoms with Gasteiger partial charge in [-0.2, -0.15) is 0 Å². The van der Waals surface area contributed by atoms with Crippen LogP contribution in [0, 0.1) is 12.8 Å². The van der Waals surface area contributed by atoms with Crippen molar-refractivity contribution in [1.82, 2.24) is 5.32 Å². The summed E-state index contributed by atoms with van der Waals surface area (Å²) < 4.78 is 0. The molecule has 0 bridgehead atoms. The van der Waals surface area contributed by atoms with E-state index in [1.165, 1.54) is 6.07 Å². The Hall–Kier alpha value is -3.35. The van der Waals surface area contributed by atoms with Gasteiger partial charge in [0.1, 0.15) is 6.04 Å². The molecular formula is C21H25N3O4. The third-order valence-electron chi connectivity index (χ3n) is 4.09. The number of anilines is 2. The Kier molecular flexibility index (Phi) is 7.14. The van der Waals surface area contributed by atoms with Crippen molar-refractivity contribution in [3.05, 3.63) is 59.7 Å². The van der Waals surface area contributed by atoms with Crippen LogP contribution in [0.15, 0.2) is 48.5 Å². The van der Waals surface area contributed by atoms with E-state index in [-0.39, 0.29) is 11.5 Å². The number of benzene rings is 2. The van der Waals surface area contributed by atoms with Gasteiger partial charge in [0, 0.05) is 16.9 Å². The number of nitrogens with one attached hydrogen (secondary N) is 3. The highest BCUT2D eigenvalue weighted by Gasteiger charge is 2.22. The first-order chi connectivity index (χ1) is 13.3. The summed E-state index contributed by atoms with van der Waals surface area (Å²) in [6, 6.07) is 12.4. The van der Waals surface area contributed by atoms with Crippen molar-refractivity contribution < 1.29 is 19.5 Å². The second kappa shape index (κ2) is 9.55. The van der Waals surface area contributed by atoms with Crippen molar-refractivity contribution in [2.24, 2.45) is 5.92 Å². The number of carboxylic acids is 1. The number of para-hydroxylation sites is 1. The number of aliphatic carboxylic acids is 1. The van der Waals surface area contributed by atoms with Gasteiger partial charge < -0.3 is 21.1 Å². The minimum atomic E-state index is -1.07. The largest absolute Gasteiger partial charge is 0.480 e. The van der Waals surface area contributed by atoms with E-state index in [0.717, 1.165) is 5.56 Å². The lowest BCUT2D eigenvalue weighted by Gasteiger charge is -2.17. The maximum atomic E-state index is 12.5. The molecule has 4 N–H and O–H groups in total. The molecule has 28 heavy (non-hydrogen) atoms. The van der Waals surface area contributed by atoms with Gasteiger partial charge in [0.15, 0.2) is 0 Å². The first-order valence-corrected chi connectivity index (χ1v) is 9.03. The van der Waals surface area contributed by atoms with Gasteiger partial charge in [0.05, 0.1) is 0 Å². The number of carboxylic acid groups (broad SMARTS) is 1. The highest BCUT2D eigenvalue weighted by molar-refractivity contribution is 6.02. The molecule has 1 atom stereocenters. The molecule has 0 spiro atoms. The SMILES string of the molecule is Cc1ccc(C(=O)NC(CC(C)C)C(=O)O)cc1NC(=O)Nc1ccccc1. The van der Waals surface area contributed by atoms with Gasteiger partial charge in [-0.05, 0) is 49.1 Å². The highest BCUT2D eigenvalue weighted by Crippen LogP contribution is 2.18. The second-order valence-corrected chi connectivity index (χ2v) is 6.97. The Morgan fingerprint density at radius 3 is 2.29 bits per heavy atom. The van der Waals surface area contributed by atoms with E-state index in [0.29, 0.717) is 17.8 Å². The summed E-state index contributed by atoms with van der Waals surface area (Å²) in [6.07, 6.45) is 0.331. The first kappa shape index (κ1) is 21.0. The van der Waals surface area contributed by atoms with E-state index in [1.54, 1.807) is 31.2 Å². The average molecular weight is 383 g/mol. The minimum absolute atomic E-state index is 0.123. The number of urea groups is 1. The lowest BCUT2D eigenvalue weighted by atomic mass is 10.0. The summed E-state index contributed by atoms with van der Waals surface area (Å²) in [4.78, 5) is 36.0. The average Bonchev–Trinajstić information content (AvgIpc) is 2.63. The van der Waals surface area contributed by atoms with Crippen molar-refractivity contribution in [2.45, 2.75) is 33.2 Å². The Bertz CT molecular complexity index is 850. The molecule has 1 unspecified atom stereocenters. The van der Waals surface area contributed by atoms with E-state index in [9.17, 15) is 19.5 Å². The summed E-state index contributed by atoms with van der Waals surface area (Å²) >= 11 is 0. The molecule has 148 valence electrons. The Morgan fingerprint density at radius 1 is 1.00 bits per heavy atom. The monoisotopic (exact) mass is 383 g/mol. The lowest BCUT2D eigenvalue weighted by Crippen LogP contribution is -2.41. The Labute approximate surface area is 164 Å². The van der Waals surface area contributed by atoms with Gasteiger partial charge in [-0.25, -0.2) is 9.59 Å². The molecule has 3 amide bonds. The molecular weight excluding hydrogens is 358 g/mol. The maximum Gasteiger partial charge on any atom is 0.326 e. The molecule has 0 aliphatic rings. The van der Waals surface area contributed by atoms with E-state index >= 15 is 0 Å². The number of amides is 3. The standard InChI is InChI=1S/C21H25N3O4/c1-13(2)11-18(20(26)27)23-19(25)15-10-9-14(3)17(12-15)24-21(28)22-16-7-5-4-6-8-16/h4-10,12-13,18H,11H2,1-3H3,(H,23,25)(H,26,27)(H2,22,24,28). The number of hydrogen-bond acceptors (Lipinski definition) is 3. The van der Waals surface area contributed by atoms with Crippen LogP contribution in [0.5, 0.6) is 0 Å². The predicted molar refractivity (Wildman–Crippen MR) is 109 cm³/mol. The molecule has 0 aliphatic heterocycles. The van der Waals surface area contributed by atoms with Gasteiger partial charge in [0.2, 0.25) is 0 Å². The fraction of sp³-hybridized carbons (Fsp3) is 0.286. The van der Waals surface area contributed by atoms with Crippen molar-refractivity contribution in [3.63, 3.8) is 0 Å². The van der Waals surface area contributed by atoms with Crippen LogP contribution in [-0.4, -0.2) is 29.1 Å². The summed E-state index contributed by atoms with van der Waals surface area (Å²) in [7, 11) is 0. The first-order valence-electron chi connectivity index (χ1n) is 9.03. The van der Waals surface area contributed by atoms with Gasteiger partial charge in [-0.15, -0.1) is 0 Å².